The first-order valence-corrected chi connectivity index (χ1v) is 10.1. The lowest BCUT2D eigenvalue weighted by molar-refractivity contribution is -0.116. The average Bonchev–Trinajstić information content (AvgIpc) is 3.18. The van der Waals surface area contributed by atoms with Gasteiger partial charge in [-0.2, -0.15) is 0 Å². The number of hydrogen-bond donors (Lipinski definition) is 1. The predicted molar refractivity (Wildman–Crippen MR) is 117 cm³/mol. The molecule has 8 nitrogen and oxygen atoms in total. The van der Waals surface area contributed by atoms with Crippen LogP contribution in [0, 0.1) is 6.92 Å². The molecule has 32 heavy (non-hydrogen) atoms. The first-order chi connectivity index (χ1) is 15.5. The molecule has 0 fully saturated rings. The number of aromatic nitrogens is 2. The monoisotopic (exact) mass is 431 g/mol. The number of fused-ring (bicyclic) bond motifs is 1. The number of carbonyl (C=O) groups excluding carboxylic acids is 2. The first-order valence-electron chi connectivity index (χ1n) is 10.1. The zero-order valence-electron chi connectivity index (χ0n) is 17.4. The number of aryl methyl sites for hydroxylation is 2. The van der Waals surface area contributed by atoms with Crippen LogP contribution in [0.15, 0.2) is 76.0 Å². The molecule has 1 N–H and O–H groups in total. The molecule has 4 rings (SSSR count). The summed E-state index contributed by atoms with van der Waals surface area (Å²) >= 11 is 0. The molecule has 0 aliphatic heterocycles. The molecule has 0 aliphatic carbocycles. The Hall–Kier alpha value is -4.20. The lowest BCUT2D eigenvalue weighted by atomic mass is 10.1. The first kappa shape index (κ1) is 21.0. The number of nitrogens with zero attached hydrogens (tertiary/aromatic N) is 2. The molecule has 0 atom stereocenters. The van der Waals surface area contributed by atoms with E-state index in [-0.39, 0.29) is 18.1 Å². The zero-order valence-corrected chi connectivity index (χ0v) is 17.4. The van der Waals surface area contributed by atoms with Crippen LogP contribution in [0.4, 0.5) is 5.69 Å². The third-order valence-electron chi connectivity index (χ3n) is 4.76. The third-order valence-corrected chi connectivity index (χ3v) is 4.76. The molecule has 4 aromatic rings. The summed E-state index contributed by atoms with van der Waals surface area (Å²) in [7, 11) is 0. The smallest absolute Gasteiger partial charge is 0.338 e. The maximum absolute atomic E-state index is 12.3. The predicted octanol–water partition coefficient (Wildman–Crippen LogP) is 3.52. The summed E-state index contributed by atoms with van der Waals surface area (Å²) in [6, 6.07) is 19.1. The Labute approximate surface area is 183 Å². The molecule has 162 valence electrons. The van der Waals surface area contributed by atoms with Gasteiger partial charge in [-0.05, 0) is 43.2 Å². The second-order valence-electron chi connectivity index (χ2n) is 7.27. The van der Waals surface area contributed by atoms with E-state index in [1.807, 2.05) is 30.3 Å². The van der Waals surface area contributed by atoms with Crippen LogP contribution >= 0.6 is 0 Å². The van der Waals surface area contributed by atoms with E-state index in [1.54, 1.807) is 37.3 Å². The lowest BCUT2D eigenvalue weighted by Gasteiger charge is -2.07. The topological polar surface area (TPSA) is 103 Å². The SMILES string of the molecule is Cc1cc2nc(COC(=O)c3ccc(NC(=O)CCc4ccccc4)cc3)cc(=O)n2o1. The number of benzene rings is 2. The van der Waals surface area contributed by atoms with Crippen molar-refractivity contribution in [1.82, 2.24) is 9.56 Å². The number of rotatable bonds is 7. The molecule has 2 aromatic heterocycles. The number of esters is 1. The van der Waals surface area contributed by atoms with Crippen molar-refractivity contribution in [2.45, 2.75) is 26.4 Å². The normalized spacial score (nSPS) is 10.8. The molecule has 0 radical (unpaired) electrons. The van der Waals surface area contributed by atoms with Gasteiger partial charge in [0.2, 0.25) is 5.91 Å². The van der Waals surface area contributed by atoms with E-state index in [9.17, 15) is 14.4 Å². The molecule has 0 saturated heterocycles. The minimum atomic E-state index is -0.558. The highest BCUT2D eigenvalue weighted by Gasteiger charge is 2.11. The molecule has 0 bridgehead atoms. The van der Waals surface area contributed by atoms with Crippen molar-refractivity contribution in [2.24, 2.45) is 0 Å². The van der Waals surface area contributed by atoms with Crippen LogP contribution in [0.3, 0.4) is 0 Å². The highest BCUT2D eigenvalue weighted by molar-refractivity contribution is 5.93. The maximum Gasteiger partial charge on any atom is 0.338 e. The van der Waals surface area contributed by atoms with Gasteiger partial charge in [0.25, 0.3) is 5.56 Å². The summed E-state index contributed by atoms with van der Waals surface area (Å²) in [6.07, 6.45) is 1.01. The third kappa shape index (κ3) is 5.10. The van der Waals surface area contributed by atoms with Crippen molar-refractivity contribution in [1.29, 1.82) is 0 Å². The minimum Gasteiger partial charge on any atom is -0.456 e. The van der Waals surface area contributed by atoms with Gasteiger partial charge in [0.1, 0.15) is 12.4 Å². The van der Waals surface area contributed by atoms with Crippen LogP contribution in [0.5, 0.6) is 0 Å². The summed E-state index contributed by atoms with van der Waals surface area (Å²) in [5, 5.41) is 2.81. The van der Waals surface area contributed by atoms with E-state index in [0.717, 1.165) is 10.1 Å². The van der Waals surface area contributed by atoms with Gasteiger partial charge in [0, 0.05) is 24.2 Å². The van der Waals surface area contributed by atoms with Crippen molar-refractivity contribution in [2.75, 3.05) is 5.32 Å². The molecule has 2 heterocycles. The van der Waals surface area contributed by atoms with Gasteiger partial charge in [-0.25, -0.2) is 9.78 Å². The Morgan fingerprint density at radius 2 is 1.81 bits per heavy atom. The summed E-state index contributed by atoms with van der Waals surface area (Å²) in [5.41, 5.74) is 2.31. The number of ether oxygens (including phenoxy) is 1. The minimum absolute atomic E-state index is 0.105. The van der Waals surface area contributed by atoms with Crippen LogP contribution in [0.25, 0.3) is 5.65 Å². The van der Waals surface area contributed by atoms with Crippen LogP contribution < -0.4 is 10.9 Å². The fourth-order valence-corrected chi connectivity index (χ4v) is 3.19. The molecule has 0 spiro atoms. The van der Waals surface area contributed by atoms with Crippen molar-refractivity contribution >= 4 is 23.2 Å². The zero-order chi connectivity index (χ0) is 22.5. The van der Waals surface area contributed by atoms with Crippen LogP contribution in [-0.4, -0.2) is 21.4 Å². The van der Waals surface area contributed by atoms with E-state index in [4.69, 9.17) is 9.26 Å². The molecular formula is C24H21N3O5. The Balaban J connectivity index is 1.31. The Kier molecular flexibility index (Phi) is 6.12. The fraction of sp³-hybridized carbons (Fsp3) is 0.167. The van der Waals surface area contributed by atoms with Crippen LogP contribution in [0.2, 0.25) is 0 Å². The van der Waals surface area contributed by atoms with Gasteiger partial charge in [0.15, 0.2) is 5.65 Å². The van der Waals surface area contributed by atoms with Gasteiger partial charge >= 0.3 is 5.97 Å². The van der Waals surface area contributed by atoms with Crippen LogP contribution in [0.1, 0.15) is 33.8 Å². The second-order valence-corrected chi connectivity index (χ2v) is 7.27. The summed E-state index contributed by atoms with van der Waals surface area (Å²) in [4.78, 5) is 40.8. The van der Waals surface area contributed by atoms with E-state index < -0.39 is 5.97 Å². The quantitative estimate of drug-likeness (QED) is 0.449. The molecule has 2 aromatic carbocycles. The Bertz CT molecular complexity index is 1310. The summed E-state index contributed by atoms with van der Waals surface area (Å²) in [6.45, 7) is 1.57. The van der Waals surface area contributed by atoms with Crippen molar-refractivity contribution in [3.05, 3.63) is 99.7 Å². The maximum atomic E-state index is 12.3. The van der Waals surface area contributed by atoms with Gasteiger partial charge in [-0.1, -0.05) is 30.3 Å². The van der Waals surface area contributed by atoms with Crippen molar-refractivity contribution < 1.29 is 18.8 Å². The molecule has 0 saturated carbocycles. The summed E-state index contributed by atoms with van der Waals surface area (Å²) in [5.74, 6) is -0.111. The highest BCUT2D eigenvalue weighted by atomic mass is 16.5. The molecule has 0 unspecified atom stereocenters. The molecule has 1 amide bonds. The largest absolute Gasteiger partial charge is 0.456 e. The van der Waals surface area contributed by atoms with Gasteiger partial charge in [-0.3, -0.25) is 9.59 Å². The van der Waals surface area contributed by atoms with E-state index in [2.05, 4.69) is 10.3 Å². The number of carbonyl (C=O) groups is 2. The molecule has 8 heteroatoms. The van der Waals surface area contributed by atoms with E-state index in [1.165, 1.54) is 6.07 Å². The lowest BCUT2D eigenvalue weighted by Crippen LogP contribution is -2.15. The summed E-state index contributed by atoms with van der Waals surface area (Å²) < 4.78 is 11.6. The standard InChI is InChI=1S/C24H21N3O5/c1-16-13-21-25-20(14-23(29)27(21)32-16)15-31-24(30)18-8-10-19(11-9-18)26-22(28)12-7-17-5-3-2-4-6-17/h2-6,8-11,13-14H,7,12,15H2,1H3,(H,26,28). The number of amides is 1. The van der Waals surface area contributed by atoms with Gasteiger partial charge < -0.3 is 14.6 Å². The second kappa shape index (κ2) is 9.30. The Morgan fingerprint density at radius 3 is 2.56 bits per heavy atom. The average molecular weight is 431 g/mol. The number of nitrogens with one attached hydrogen (secondary N) is 1. The van der Waals surface area contributed by atoms with Gasteiger partial charge in [0.05, 0.1) is 11.3 Å². The van der Waals surface area contributed by atoms with Crippen molar-refractivity contribution in [3.63, 3.8) is 0 Å². The molecular weight excluding hydrogens is 410 g/mol. The number of hydrogen-bond acceptors (Lipinski definition) is 6. The molecule has 0 aliphatic rings. The van der Waals surface area contributed by atoms with Crippen molar-refractivity contribution in [3.8, 4) is 0 Å². The fourth-order valence-electron chi connectivity index (χ4n) is 3.19. The van der Waals surface area contributed by atoms with E-state index in [0.29, 0.717) is 41.2 Å². The van der Waals surface area contributed by atoms with E-state index >= 15 is 0 Å². The Morgan fingerprint density at radius 1 is 1.06 bits per heavy atom. The number of anilines is 1. The highest BCUT2D eigenvalue weighted by Crippen LogP contribution is 2.13. The van der Waals surface area contributed by atoms with Crippen LogP contribution in [-0.2, 0) is 22.6 Å². The van der Waals surface area contributed by atoms with Gasteiger partial charge in [-0.15, -0.1) is 4.57 Å².